The van der Waals surface area contributed by atoms with Crippen LogP contribution in [0.5, 0.6) is 0 Å². The van der Waals surface area contributed by atoms with Crippen LogP contribution in [0.1, 0.15) is 6.92 Å². The maximum Gasteiger partial charge on any atom is 0.244 e. The molecule has 0 bridgehead atoms. The Bertz CT molecular complexity index is 356. The molecule has 1 saturated heterocycles. The van der Waals surface area contributed by atoms with Crippen molar-refractivity contribution in [3.63, 3.8) is 0 Å². The molecule has 1 aromatic rings. The van der Waals surface area contributed by atoms with Gasteiger partial charge in [0.2, 0.25) is 5.91 Å². The number of carbonyl (C=O) groups excluding carboxylic acids is 1. The zero-order chi connectivity index (χ0) is 11.4. The number of rotatable bonds is 2. The summed E-state index contributed by atoms with van der Waals surface area (Å²) in [5.41, 5.74) is 0.750. The van der Waals surface area contributed by atoms with Crippen LogP contribution in [0.15, 0.2) is 24.5 Å². The minimum absolute atomic E-state index is 0.0709. The molecule has 5 heteroatoms. The molecule has 1 aromatic heterocycles. The highest BCUT2D eigenvalue weighted by Gasteiger charge is 2.28. The van der Waals surface area contributed by atoms with Gasteiger partial charge in [-0.3, -0.25) is 9.78 Å². The average Bonchev–Trinajstić information content (AvgIpc) is 2.31. The number of aromatic nitrogens is 1. The van der Waals surface area contributed by atoms with Crippen LogP contribution in [0.3, 0.4) is 0 Å². The Kier molecular flexibility index (Phi) is 3.48. The van der Waals surface area contributed by atoms with E-state index in [0.29, 0.717) is 13.2 Å². The Morgan fingerprint density at radius 2 is 2.31 bits per heavy atom. The van der Waals surface area contributed by atoms with Crippen LogP contribution in [0.4, 0.5) is 5.69 Å². The van der Waals surface area contributed by atoms with Crippen LogP contribution >= 0.6 is 0 Å². The predicted octanol–water partition coefficient (Wildman–Crippen LogP) is 0.397. The monoisotopic (exact) mass is 221 g/mol. The molecule has 2 rings (SSSR count). The Hall–Kier alpha value is -1.46. The second kappa shape index (κ2) is 5.05. The van der Waals surface area contributed by atoms with E-state index >= 15 is 0 Å². The molecular formula is C11H15N3O2. The van der Waals surface area contributed by atoms with E-state index in [-0.39, 0.29) is 18.1 Å². The van der Waals surface area contributed by atoms with E-state index in [9.17, 15) is 4.79 Å². The molecule has 2 atom stereocenters. The topological polar surface area (TPSA) is 63.2 Å². The smallest absolute Gasteiger partial charge is 0.244 e. The van der Waals surface area contributed by atoms with E-state index in [1.54, 1.807) is 24.5 Å². The third-order valence-corrected chi connectivity index (χ3v) is 2.55. The number of pyridine rings is 1. The number of nitrogens with zero attached hydrogens (tertiary/aromatic N) is 1. The lowest BCUT2D eigenvalue weighted by atomic mass is 10.1. The first kappa shape index (κ1) is 11.0. The zero-order valence-corrected chi connectivity index (χ0v) is 9.14. The summed E-state index contributed by atoms with van der Waals surface area (Å²) >= 11 is 0. The molecule has 16 heavy (non-hydrogen) atoms. The number of amides is 1. The predicted molar refractivity (Wildman–Crippen MR) is 60.1 cm³/mol. The molecule has 1 aliphatic heterocycles. The first-order valence-electron chi connectivity index (χ1n) is 5.33. The van der Waals surface area contributed by atoms with Gasteiger partial charge in [-0.25, -0.2) is 0 Å². The summed E-state index contributed by atoms with van der Waals surface area (Å²) in [7, 11) is 0. The molecule has 0 radical (unpaired) electrons. The minimum Gasteiger partial charge on any atom is -0.375 e. The fraction of sp³-hybridized carbons (Fsp3) is 0.455. The van der Waals surface area contributed by atoms with Crippen molar-refractivity contribution in [1.29, 1.82) is 0 Å². The van der Waals surface area contributed by atoms with Gasteiger partial charge in [-0.1, -0.05) is 0 Å². The van der Waals surface area contributed by atoms with Crippen molar-refractivity contribution in [1.82, 2.24) is 10.3 Å². The second-order valence-electron chi connectivity index (χ2n) is 3.73. The first-order valence-corrected chi connectivity index (χ1v) is 5.33. The highest BCUT2D eigenvalue weighted by Crippen LogP contribution is 2.08. The summed E-state index contributed by atoms with van der Waals surface area (Å²) in [6, 6.07) is 3.22. The van der Waals surface area contributed by atoms with Crippen molar-refractivity contribution >= 4 is 11.6 Å². The molecule has 0 aromatic carbocycles. The number of ether oxygens (including phenoxy) is 1. The molecule has 5 nitrogen and oxygen atoms in total. The van der Waals surface area contributed by atoms with Crippen LogP contribution in [0.25, 0.3) is 0 Å². The standard InChI is InChI=1S/C11H15N3O2/c1-8-10(13-6-7-16-8)11(15)14-9-2-4-12-5-3-9/h2-5,8,10,13H,6-7H2,1H3,(H,12,14,15)/t8-,10+/m1/s1. The normalized spacial score (nSPS) is 25.1. The molecule has 0 spiro atoms. The van der Waals surface area contributed by atoms with Gasteiger partial charge in [0.05, 0.1) is 12.7 Å². The summed E-state index contributed by atoms with van der Waals surface area (Å²) in [4.78, 5) is 15.8. The molecular weight excluding hydrogens is 206 g/mol. The van der Waals surface area contributed by atoms with Crippen LogP contribution in [0, 0.1) is 0 Å². The van der Waals surface area contributed by atoms with Crippen molar-refractivity contribution in [3.05, 3.63) is 24.5 Å². The van der Waals surface area contributed by atoms with Crippen molar-refractivity contribution < 1.29 is 9.53 Å². The van der Waals surface area contributed by atoms with E-state index < -0.39 is 0 Å². The van der Waals surface area contributed by atoms with Crippen molar-refractivity contribution in [2.45, 2.75) is 19.1 Å². The summed E-state index contributed by atoms with van der Waals surface area (Å²) in [5, 5.41) is 5.96. The fourth-order valence-corrected chi connectivity index (χ4v) is 1.68. The van der Waals surface area contributed by atoms with Gasteiger partial charge in [0.15, 0.2) is 0 Å². The van der Waals surface area contributed by atoms with Gasteiger partial charge in [-0.05, 0) is 19.1 Å². The van der Waals surface area contributed by atoms with Crippen LogP contribution in [0.2, 0.25) is 0 Å². The molecule has 1 fully saturated rings. The van der Waals surface area contributed by atoms with Gasteiger partial charge in [-0.15, -0.1) is 0 Å². The lowest BCUT2D eigenvalue weighted by molar-refractivity contribution is -0.123. The zero-order valence-electron chi connectivity index (χ0n) is 9.14. The number of hydrogen-bond acceptors (Lipinski definition) is 4. The highest BCUT2D eigenvalue weighted by molar-refractivity contribution is 5.95. The number of carbonyl (C=O) groups is 1. The quantitative estimate of drug-likeness (QED) is 0.758. The minimum atomic E-state index is -0.290. The van der Waals surface area contributed by atoms with Crippen LogP contribution in [-0.4, -0.2) is 36.2 Å². The number of nitrogens with one attached hydrogen (secondary N) is 2. The second-order valence-corrected chi connectivity index (χ2v) is 3.73. The van der Waals surface area contributed by atoms with Crippen molar-refractivity contribution in [2.24, 2.45) is 0 Å². The molecule has 86 valence electrons. The van der Waals surface area contributed by atoms with Gasteiger partial charge in [0.1, 0.15) is 6.04 Å². The number of anilines is 1. The Balaban J connectivity index is 1.97. The fourth-order valence-electron chi connectivity index (χ4n) is 1.68. The number of morpholine rings is 1. The summed E-state index contributed by atoms with van der Waals surface area (Å²) < 4.78 is 5.41. The average molecular weight is 221 g/mol. The molecule has 2 N–H and O–H groups in total. The maximum atomic E-state index is 11.9. The molecule has 0 aliphatic carbocycles. The molecule has 1 amide bonds. The van der Waals surface area contributed by atoms with Gasteiger partial charge in [-0.2, -0.15) is 0 Å². The summed E-state index contributed by atoms with van der Waals surface area (Å²) in [6.07, 6.45) is 3.18. The SMILES string of the molecule is C[C@H]1OCCN[C@@H]1C(=O)Nc1ccncc1. The van der Waals surface area contributed by atoms with Gasteiger partial charge in [0.25, 0.3) is 0 Å². The van der Waals surface area contributed by atoms with Crippen molar-refractivity contribution in [3.8, 4) is 0 Å². The van der Waals surface area contributed by atoms with Gasteiger partial charge < -0.3 is 15.4 Å². The largest absolute Gasteiger partial charge is 0.375 e. The molecule has 0 unspecified atom stereocenters. The summed E-state index contributed by atoms with van der Waals surface area (Å²) in [5.74, 6) is -0.0709. The Labute approximate surface area is 94.2 Å². The lowest BCUT2D eigenvalue weighted by Gasteiger charge is -2.29. The van der Waals surface area contributed by atoms with Crippen LogP contribution in [-0.2, 0) is 9.53 Å². The Morgan fingerprint density at radius 3 is 3.00 bits per heavy atom. The Morgan fingerprint density at radius 1 is 1.56 bits per heavy atom. The highest BCUT2D eigenvalue weighted by atomic mass is 16.5. The van der Waals surface area contributed by atoms with E-state index in [4.69, 9.17) is 4.74 Å². The number of hydrogen-bond donors (Lipinski definition) is 2. The van der Waals surface area contributed by atoms with E-state index in [2.05, 4.69) is 15.6 Å². The maximum absolute atomic E-state index is 11.9. The van der Waals surface area contributed by atoms with E-state index in [1.807, 2.05) is 6.92 Å². The van der Waals surface area contributed by atoms with E-state index in [0.717, 1.165) is 5.69 Å². The first-order chi connectivity index (χ1) is 7.77. The van der Waals surface area contributed by atoms with Gasteiger partial charge >= 0.3 is 0 Å². The van der Waals surface area contributed by atoms with Crippen molar-refractivity contribution in [2.75, 3.05) is 18.5 Å². The molecule has 1 aliphatic rings. The molecule has 0 saturated carbocycles. The summed E-state index contributed by atoms with van der Waals surface area (Å²) in [6.45, 7) is 3.25. The van der Waals surface area contributed by atoms with Crippen LogP contribution < -0.4 is 10.6 Å². The lowest BCUT2D eigenvalue weighted by Crippen LogP contribution is -2.53. The van der Waals surface area contributed by atoms with Gasteiger partial charge in [0, 0.05) is 24.6 Å². The molecule has 2 heterocycles. The van der Waals surface area contributed by atoms with E-state index in [1.165, 1.54) is 0 Å². The third kappa shape index (κ3) is 2.56. The third-order valence-electron chi connectivity index (χ3n) is 2.55.